The number of carbonyl (C=O) groups excluding carboxylic acids is 1. The van der Waals surface area contributed by atoms with Crippen molar-refractivity contribution >= 4 is 11.7 Å². The van der Waals surface area contributed by atoms with Gasteiger partial charge in [0.2, 0.25) is 0 Å². The largest absolute Gasteiger partial charge is 0.394 e. The van der Waals surface area contributed by atoms with Crippen molar-refractivity contribution in [3.8, 4) is 0 Å². The molecule has 104 valence electrons. The molecule has 0 aliphatic carbocycles. The number of aliphatic hydroxyl groups excluding tert-OH is 1. The fourth-order valence-electron chi connectivity index (χ4n) is 2.31. The highest BCUT2D eigenvalue weighted by atomic mass is 16.5. The van der Waals surface area contributed by atoms with Gasteiger partial charge in [0.1, 0.15) is 5.82 Å². The van der Waals surface area contributed by atoms with E-state index in [0.29, 0.717) is 18.7 Å². The minimum atomic E-state index is -0.488. The maximum absolute atomic E-state index is 12.4. The van der Waals surface area contributed by atoms with E-state index < -0.39 is 5.60 Å². The van der Waals surface area contributed by atoms with E-state index in [-0.39, 0.29) is 24.4 Å². The fourth-order valence-corrected chi connectivity index (χ4v) is 2.31. The minimum absolute atomic E-state index is 0.115. The molecule has 1 aromatic rings. The molecule has 6 nitrogen and oxygen atoms in total. The zero-order valence-corrected chi connectivity index (χ0v) is 11.2. The Morgan fingerprint density at radius 3 is 3.05 bits per heavy atom. The molecule has 1 saturated heterocycles. The van der Waals surface area contributed by atoms with Crippen LogP contribution < -0.4 is 5.73 Å². The number of aromatic nitrogens is 1. The maximum Gasteiger partial charge on any atom is 0.257 e. The molecule has 0 radical (unpaired) electrons. The topological polar surface area (TPSA) is 88.7 Å². The Hall–Kier alpha value is -1.66. The Labute approximate surface area is 112 Å². The van der Waals surface area contributed by atoms with Gasteiger partial charge < -0.3 is 20.5 Å². The highest BCUT2D eigenvalue weighted by Crippen LogP contribution is 2.23. The summed E-state index contributed by atoms with van der Waals surface area (Å²) in [4.78, 5) is 18.0. The van der Waals surface area contributed by atoms with E-state index in [1.165, 1.54) is 0 Å². The van der Waals surface area contributed by atoms with Gasteiger partial charge in [0.15, 0.2) is 0 Å². The lowest BCUT2D eigenvalue weighted by Crippen LogP contribution is -2.55. The summed E-state index contributed by atoms with van der Waals surface area (Å²) >= 11 is 0. The van der Waals surface area contributed by atoms with E-state index >= 15 is 0 Å². The first-order chi connectivity index (χ1) is 8.93. The zero-order valence-electron chi connectivity index (χ0n) is 11.2. The molecule has 1 aliphatic rings. The highest BCUT2D eigenvalue weighted by molar-refractivity contribution is 5.98. The SMILES string of the molecule is CC1(C)CN(C(=O)c2cccnc2N)CC(CO)O1. The van der Waals surface area contributed by atoms with Crippen LogP contribution in [0.1, 0.15) is 24.2 Å². The number of nitrogens with two attached hydrogens (primary N) is 1. The van der Waals surface area contributed by atoms with Crippen LogP contribution in [0, 0.1) is 0 Å². The van der Waals surface area contributed by atoms with Crippen LogP contribution in [0.4, 0.5) is 5.82 Å². The average molecular weight is 265 g/mol. The third-order valence-electron chi connectivity index (χ3n) is 3.04. The number of carbonyl (C=O) groups is 1. The summed E-state index contributed by atoms with van der Waals surface area (Å²) in [5, 5.41) is 9.25. The molecule has 2 heterocycles. The summed E-state index contributed by atoms with van der Waals surface area (Å²) < 4.78 is 5.68. The Morgan fingerprint density at radius 1 is 1.68 bits per heavy atom. The van der Waals surface area contributed by atoms with E-state index in [9.17, 15) is 9.90 Å². The molecule has 1 aliphatic heterocycles. The van der Waals surface area contributed by atoms with Gasteiger partial charge in [-0.1, -0.05) is 0 Å². The number of anilines is 1. The Morgan fingerprint density at radius 2 is 2.42 bits per heavy atom. The second-order valence-corrected chi connectivity index (χ2v) is 5.30. The molecule has 0 aromatic carbocycles. The van der Waals surface area contributed by atoms with E-state index in [4.69, 9.17) is 10.5 Å². The highest BCUT2D eigenvalue weighted by Gasteiger charge is 2.36. The van der Waals surface area contributed by atoms with Crippen molar-refractivity contribution in [1.82, 2.24) is 9.88 Å². The van der Waals surface area contributed by atoms with E-state index in [0.717, 1.165) is 0 Å². The van der Waals surface area contributed by atoms with Crippen molar-refractivity contribution in [2.45, 2.75) is 25.6 Å². The van der Waals surface area contributed by atoms with Crippen LogP contribution in [-0.4, -0.2) is 52.3 Å². The van der Waals surface area contributed by atoms with Crippen LogP contribution in [0.2, 0.25) is 0 Å². The predicted octanol–water partition coefficient (Wildman–Crippen LogP) is 0.276. The molecule has 0 saturated carbocycles. The Kier molecular flexibility index (Phi) is 3.73. The van der Waals surface area contributed by atoms with Gasteiger partial charge in [0.05, 0.1) is 23.9 Å². The Balaban J connectivity index is 2.21. The standard InChI is InChI=1S/C13H19N3O3/c1-13(2)8-16(6-9(7-17)19-13)12(18)10-4-3-5-15-11(10)14/h3-5,9,17H,6-8H2,1-2H3,(H2,14,15). The van der Waals surface area contributed by atoms with E-state index in [1.807, 2.05) is 13.8 Å². The van der Waals surface area contributed by atoms with Gasteiger partial charge in [0, 0.05) is 19.3 Å². The maximum atomic E-state index is 12.4. The number of nitrogens with zero attached hydrogens (tertiary/aromatic N) is 2. The molecule has 1 fully saturated rings. The van der Waals surface area contributed by atoms with E-state index in [2.05, 4.69) is 4.98 Å². The number of morpholine rings is 1. The minimum Gasteiger partial charge on any atom is -0.394 e. The second-order valence-electron chi connectivity index (χ2n) is 5.30. The smallest absolute Gasteiger partial charge is 0.257 e. The van der Waals surface area contributed by atoms with Gasteiger partial charge in [-0.25, -0.2) is 4.98 Å². The summed E-state index contributed by atoms with van der Waals surface area (Å²) in [7, 11) is 0. The Bertz CT molecular complexity index is 476. The number of amides is 1. The quantitative estimate of drug-likeness (QED) is 0.801. The van der Waals surface area contributed by atoms with Crippen molar-refractivity contribution in [3.05, 3.63) is 23.9 Å². The van der Waals surface area contributed by atoms with Crippen LogP contribution in [0.5, 0.6) is 0 Å². The van der Waals surface area contributed by atoms with Crippen LogP contribution in [-0.2, 0) is 4.74 Å². The lowest BCUT2D eigenvalue weighted by molar-refractivity contribution is -0.139. The van der Waals surface area contributed by atoms with Crippen molar-refractivity contribution in [3.63, 3.8) is 0 Å². The van der Waals surface area contributed by atoms with Gasteiger partial charge in [-0.05, 0) is 26.0 Å². The number of aliphatic hydroxyl groups is 1. The number of hydrogen-bond donors (Lipinski definition) is 2. The molecule has 6 heteroatoms. The first-order valence-electron chi connectivity index (χ1n) is 6.21. The summed E-state index contributed by atoms with van der Waals surface area (Å²) in [6.07, 6.45) is 1.18. The van der Waals surface area contributed by atoms with Gasteiger partial charge in [-0.2, -0.15) is 0 Å². The lowest BCUT2D eigenvalue weighted by Gasteiger charge is -2.42. The number of pyridine rings is 1. The summed E-state index contributed by atoms with van der Waals surface area (Å²) in [5.41, 5.74) is 5.62. The van der Waals surface area contributed by atoms with Gasteiger partial charge >= 0.3 is 0 Å². The normalized spacial score (nSPS) is 22.3. The molecular weight excluding hydrogens is 246 g/mol. The predicted molar refractivity (Wildman–Crippen MR) is 70.6 cm³/mol. The lowest BCUT2D eigenvalue weighted by atomic mass is 10.0. The molecule has 1 amide bonds. The van der Waals surface area contributed by atoms with Crippen LogP contribution in [0.25, 0.3) is 0 Å². The van der Waals surface area contributed by atoms with Crippen molar-refractivity contribution < 1.29 is 14.6 Å². The number of rotatable bonds is 2. The van der Waals surface area contributed by atoms with Crippen LogP contribution in [0.15, 0.2) is 18.3 Å². The summed E-state index contributed by atoms with van der Waals surface area (Å²) in [6.45, 7) is 4.48. The summed E-state index contributed by atoms with van der Waals surface area (Å²) in [5.74, 6) is 0.0396. The first-order valence-corrected chi connectivity index (χ1v) is 6.21. The molecule has 1 unspecified atom stereocenters. The molecule has 19 heavy (non-hydrogen) atoms. The number of ether oxygens (including phenoxy) is 1. The number of hydrogen-bond acceptors (Lipinski definition) is 5. The second kappa shape index (κ2) is 5.14. The average Bonchev–Trinajstić information content (AvgIpc) is 2.36. The van der Waals surface area contributed by atoms with Crippen molar-refractivity contribution in [2.24, 2.45) is 0 Å². The van der Waals surface area contributed by atoms with Crippen molar-refractivity contribution in [2.75, 3.05) is 25.4 Å². The van der Waals surface area contributed by atoms with Crippen molar-refractivity contribution in [1.29, 1.82) is 0 Å². The molecule has 2 rings (SSSR count). The molecule has 0 bridgehead atoms. The fraction of sp³-hybridized carbons (Fsp3) is 0.538. The van der Waals surface area contributed by atoms with E-state index in [1.54, 1.807) is 23.2 Å². The molecule has 0 spiro atoms. The summed E-state index contributed by atoms with van der Waals surface area (Å²) in [6, 6.07) is 3.33. The first kappa shape index (κ1) is 13.8. The molecule has 3 N–H and O–H groups in total. The third kappa shape index (κ3) is 3.02. The van der Waals surface area contributed by atoms with Crippen LogP contribution >= 0.6 is 0 Å². The molecular formula is C13H19N3O3. The monoisotopic (exact) mass is 265 g/mol. The van der Waals surface area contributed by atoms with Gasteiger partial charge in [-0.3, -0.25) is 4.79 Å². The zero-order chi connectivity index (χ0) is 14.0. The van der Waals surface area contributed by atoms with Crippen LogP contribution in [0.3, 0.4) is 0 Å². The van der Waals surface area contributed by atoms with Gasteiger partial charge in [0.25, 0.3) is 5.91 Å². The molecule has 1 atom stereocenters. The molecule has 1 aromatic heterocycles. The third-order valence-corrected chi connectivity index (χ3v) is 3.04. The van der Waals surface area contributed by atoms with Gasteiger partial charge in [-0.15, -0.1) is 0 Å². The number of nitrogen functional groups attached to an aromatic ring is 1.